The van der Waals surface area contributed by atoms with Crippen LogP contribution in [-0.4, -0.2) is 13.7 Å². The first-order valence-electron chi connectivity index (χ1n) is 4.36. The zero-order chi connectivity index (χ0) is 8.36. The van der Waals surface area contributed by atoms with Crippen LogP contribution in [0.25, 0.3) is 0 Å². The molecule has 0 fully saturated rings. The summed E-state index contributed by atoms with van der Waals surface area (Å²) in [5.74, 6) is 6.18. The number of hydrogen-bond donors (Lipinski definition) is 0. The molecular formula is C10H18O. The van der Waals surface area contributed by atoms with Gasteiger partial charge in [0, 0.05) is 26.6 Å². The zero-order valence-corrected chi connectivity index (χ0v) is 7.65. The van der Waals surface area contributed by atoms with Gasteiger partial charge in [-0.25, -0.2) is 0 Å². The molecule has 11 heavy (non-hydrogen) atoms. The molecule has 0 amide bonds. The Hall–Kier alpha value is -0.480. The molecule has 0 unspecified atom stereocenters. The van der Waals surface area contributed by atoms with Crippen LogP contribution in [0.15, 0.2) is 0 Å². The molecule has 0 atom stereocenters. The van der Waals surface area contributed by atoms with E-state index < -0.39 is 0 Å². The van der Waals surface area contributed by atoms with Crippen LogP contribution >= 0.6 is 0 Å². The van der Waals surface area contributed by atoms with E-state index in [1.165, 1.54) is 19.3 Å². The van der Waals surface area contributed by atoms with Gasteiger partial charge in [0.05, 0.1) is 0 Å². The van der Waals surface area contributed by atoms with Crippen LogP contribution in [0.4, 0.5) is 0 Å². The van der Waals surface area contributed by atoms with E-state index >= 15 is 0 Å². The summed E-state index contributed by atoms with van der Waals surface area (Å²) >= 11 is 0. The average molecular weight is 154 g/mol. The van der Waals surface area contributed by atoms with Gasteiger partial charge < -0.3 is 4.74 Å². The predicted molar refractivity (Wildman–Crippen MR) is 48.4 cm³/mol. The molecule has 0 saturated heterocycles. The molecule has 0 aromatic heterocycles. The number of rotatable bonds is 5. The van der Waals surface area contributed by atoms with Gasteiger partial charge in [-0.2, -0.15) is 0 Å². The van der Waals surface area contributed by atoms with E-state index in [1.807, 2.05) is 0 Å². The van der Waals surface area contributed by atoms with Crippen molar-refractivity contribution in [2.75, 3.05) is 13.7 Å². The second-order valence-electron chi connectivity index (χ2n) is 2.51. The van der Waals surface area contributed by atoms with Gasteiger partial charge in [0.15, 0.2) is 0 Å². The highest BCUT2D eigenvalue weighted by atomic mass is 16.5. The highest BCUT2D eigenvalue weighted by Crippen LogP contribution is 1.98. The predicted octanol–water partition coefficient (Wildman–Crippen LogP) is 2.61. The van der Waals surface area contributed by atoms with Crippen molar-refractivity contribution in [2.45, 2.75) is 39.0 Å². The number of ether oxygens (including phenoxy) is 1. The van der Waals surface area contributed by atoms with E-state index in [2.05, 4.69) is 18.8 Å². The third-order valence-electron chi connectivity index (χ3n) is 1.45. The van der Waals surface area contributed by atoms with Gasteiger partial charge in [0.25, 0.3) is 0 Å². The maximum atomic E-state index is 4.93. The molecule has 0 saturated carbocycles. The summed E-state index contributed by atoms with van der Waals surface area (Å²) in [5.41, 5.74) is 0. The first-order chi connectivity index (χ1) is 5.41. The fourth-order valence-corrected chi connectivity index (χ4v) is 0.850. The van der Waals surface area contributed by atoms with Crippen LogP contribution in [0.5, 0.6) is 0 Å². The van der Waals surface area contributed by atoms with Crippen LogP contribution in [0.3, 0.4) is 0 Å². The fraction of sp³-hybridized carbons (Fsp3) is 0.800. The van der Waals surface area contributed by atoms with Crippen molar-refractivity contribution in [2.24, 2.45) is 0 Å². The Labute approximate surface area is 70.1 Å². The fourth-order valence-electron chi connectivity index (χ4n) is 0.850. The van der Waals surface area contributed by atoms with Crippen LogP contribution in [0.2, 0.25) is 0 Å². The van der Waals surface area contributed by atoms with Crippen LogP contribution in [-0.2, 0) is 4.74 Å². The lowest BCUT2D eigenvalue weighted by atomic mass is 10.2. The minimum atomic E-state index is 0.890. The van der Waals surface area contributed by atoms with Crippen molar-refractivity contribution in [1.82, 2.24) is 0 Å². The molecule has 0 aliphatic rings. The second-order valence-corrected chi connectivity index (χ2v) is 2.51. The van der Waals surface area contributed by atoms with Crippen LogP contribution < -0.4 is 0 Å². The molecule has 0 radical (unpaired) electrons. The summed E-state index contributed by atoms with van der Waals surface area (Å²) in [6, 6.07) is 0. The van der Waals surface area contributed by atoms with Gasteiger partial charge in [0.1, 0.15) is 0 Å². The molecule has 1 heteroatoms. The van der Waals surface area contributed by atoms with Crippen LogP contribution in [0.1, 0.15) is 39.0 Å². The van der Waals surface area contributed by atoms with E-state index in [9.17, 15) is 0 Å². The lowest BCUT2D eigenvalue weighted by molar-refractivity contribution is 0.192. The van der Waals surface area contributed by atoms with E-state index in [0.717, 1.165) is 19.4 Å². The molecule has 1 nitrogen and oxygen atoms in total. The van der Waals surface area contributed by atoms with Crippen molar-refractivity contribution >= 4 is 0 Å². The Morgan fingerprint density at radius 1 is 1.09 bits per heavy atom. The van der Waals surface area contributed by atoms with Gasteiger partial charge in [-0.1, -0.05) is 13.3 Å². The first kappa shape index (κ1) is 10.5. The average Bonchev–Trinajstić information content (AvgIpc) is 2.03. The van der Waals surface area contributed by atoms with Gasteiger partial charge >= 0.3 is 0 Å². The minimum absolute atomic E-state index is 0.890. The molecule has 0 aromatic carbocycles. The van der Waals surface area contributed by atoms with Crippen molar-refractivity contribution in [3.8, 4) is 11.8 Å². The number of methoxy groups -OCH3 is 1. The van der Waals surface area contributed by atoms with Crippen molar-refractivity contribution in [3.05, 3.63) is 0 Å². The summed E-state index contributed by atoms with van der Waals surface area (Å²) < 4.78 is 4.93. The maximum Gasteiger partial charge on any atom is 0.0462 e. The van der Waals surface area contributed by atoms with Gasteiger partial charge in [-0.05, 0) is 12.8 Å². The Bertz CT molecular complexity index is 119. The molecule has 0 aliphatic carbocycles. The number of unbranched alkanes of at least 4 members (excludes halogenated alkanes) is 3. The van der Waals surface area contributed by atoms with Crippen molar-refractivity contribution in [1.29, 1.82) is 0 Å². The monoisotopic (exact) mass is 154 g/mol. The van der Waals surface area contributed by atoms with E-state index in [-0.39, 0.29) is 0 Å². The standard InChI is InChI=1S/C10H18O/c1-3-4-5-6-7-8-9-10-11-2/h3,6-10H2,1-2H3. The van der Waals surface area contributed by atoms with E-state index in [0.29, 0.717) is 0 Å². The lowest BCUT2D eigenvalue weighted by Gasteiger charge is -1.95. The third-order valence-corrected chi connectivity index (χ3v) is 1.45. The molecular weight excluding hydrogens is 136 g/mol. The van der Waals surface area contributed by atoms with Crippen molar-refractivity contribution < 1.29 is 4.74 Å². The zero-order valence-electron chi connectivity index (χ0n) is 7.65. The summed E-state index contributed by atoms with van der Waals surface area (Å²) in [6.07, 6.45) is 5.67. The Morgan fingerprint density at radius 3 is 2.55 bits per heavy atom. The molecule has 0 bridgehead atoms. The smallest absolute Gasteiger partial charge is 0.0462 e. The summed E-state index contributed by atoms with van der Waals surface area (Å²) in [5, 5.41) is 0. The molecule has 64 valence electrons. The second kappa shape index (κ2) is 9.52. The van der Waals surface area contributed by atoms with Crippen LogP contribution in [0, 0.1) is 11.8 Å². The summed E-state index contributed by atoms with van der Waals surface area (Å²) in [4.78, 5) is 0. The maximum absolute atomic E-state index is 4.93. The SMILES string of the molecule is CCC#CCCCCCOC. The Morgan fingerprint density at radius 2 is 1.91 bits per heavy atom. The van der Waals surface area contributed by atoms with Gasteiger partial charge in [-0.15, -0.1) is 11.8 Å². The summed E-state index contributed by atoms with van der Waals surface area (Å²) in [6.45, 7) is 2.97. The molecule has 0 N–H and O–H groups in total. The highest BCUT2D eigenvalue weighted by molar-refractivity contribution is 4.97. The van der Waals surface area contributed by atoms with Crippen molar-refractivity contribution in [3.63, 3.8) is 0 Å². The molecule has 0 heterocycles. The van der Waals surface area contributed by atoms with Gasteiger partial charge in [0.2, 0.25) is 0 Å². The third kappa shape index (κ3) is 9.52. The largest absolute Gasteiger partial charge is 0.385 e. The minimum Gasteiger partial charge on any atom is -0.385 e. The molecule has 0 aliphatic heterocycles. The first-order valence-corrected chi connectivity index (χ1v) is 4.36. The quantitative estimate of drug-likeness (QED) is 0.437. The Kier molecular flexibility index (Phi) is 9.10. The molecule has 0 spiro atoms. The number of hydrogen-bond acceptors (Lipinski definition) is 1. The van der Waals surface area contributed by atoms with E-state index in [4.69, 9.17) is 4.74 Å². The summed E-state index contributed by atoms with van der Waals surface area (Å²) in [7, 11) is 1.75. The lowest BCUT2D eigenvalue weighted by Crippen LogP contribution is -1.87. The topological polar surface area (TPSA) is 9.23 Å². The van der Waals surface area contributed by atoms with Gasteiger partial charge in [-0.3, -0.25) is 0 Å². The molecule has 0 rings (SSSR count). The normalized spacial score (nSPS) is 8.91. The molecule has 0 aromatic rings. The highest BCUT2D eigenvalue weighted by Gasteiger charge is 1.85. The Balaban J connectivity index is 2.90. The van der Waals surface area contributed by atoms with E-state index in [1.54, 1.807) is 7.11 Å².